The lowest BCUT2D eigenvalue weighted by molar-refractivity contribution is 0.197. The number of aryl methyl sites for hydroxylation is 1. The molecule has 0 saturated carbocycles. The van der Waals surface area contributed by atoms with Gasteiger partial charge in [0.2, 0.25) is 26.6 Å². The van der Waals surface area contributed by atoms with Gasteiger partial charge in [0.1, 0.15) is 0 Å². The van der Waals surface area contributed by atoms with Crippen LogP contribution in [0.4, 0.5) is 5.88 Å². The lowest BCUT2D eigenvalue weighted by Gasteiger charge is -2.06. The highest BCUT2D eigenvalue weighted by Gasteiger charge is 2.28. The molecular formula is C20H22N2O4S. The van der Waals surface area contributed by atoms with E-state index in [4.69, 9.17) is 9.15 Å². The van der Waals surface area contributed by atoms with Crippen LogP contribution in [-0.4, -0.2) is 33.7 Å². The molecule has 0 atom stereocenters. The van der Waals surface area contributed by atoms with Crippen molar-refractivity contribution in [2.45, 2.75) is 23.3 Å². The smallest absolute Gasteiger partial charge is 0.233 e. The average Bonchev–Trinajstić information content (AvgIpc) is 3.11. The summed E-state index contributed by atoms with van der Waals surface area (Å²) in [6.07, 6.45) is 0.710. The third-order valence-electron chi connectivity index (χ3n) is 4.01. The molecule has 6 nitrogen and oxygen atoms in total. The summed E-state index contributed by atoms with van der Waals surface area (Å²) in [5.74, 6) is 0.404. The van der Waals surface area contributed by atoms with Crippen molar-refractivity contribution in [1.82, 2.24) is 4.98 Å². The zero-order valence-electron chi connectivity index (χ0n) is 15.3. The van der Waals surface area contributed by atoms with Crippen LogP contribution in [0.5, 0.6) is 0 Å². The molecule has 0 aliphatic carbocycles. The zero-order valence-corrected chi connectivity index (χ0v) is 16.1. The molecule has 3 aromatic rings. The van der Waals surface area contributed by atoms with Gasteiger partial charge in [-0.15, -0.1) is 0 Å². The van der Waals surface area contributed by atoms with Crippen LogP contribution in [0.15, 0.2) is 68.9 Å². The van der Waals surface area contributed by atoms with Crippen LogP contribution >= 0.6 is 0 Å². The Hall–Kier alpha value is -2.64. The number of sulfone groups is 1. The fraction of sp³-hybridized carbons (Fsp3) is 0.250. The maximum Gasteiger partial charge on any atom is 0.233 e. The van der Waals surface area contributed by atoms with Crippen molar-refractivity contribution in [2.75, 3.05) is 25.6 Å². The summed E-state index contributed by atoms with van der Waals surface area (Å²) < 4.78 is 37.0. The van der Waals surface area contributed by atoms with Gasteiger partial charge in [-0.2, -0.15) is 4.98 Å². The van der Waals surface area contributed by atoms with Crippen LogP contribution in [-0.2, 0) is 14.6 Å². The van der Waals surface area contributed by atoms with E-state index in [0.717, 1.165) is 5.56 Å². The van der Waals surface area contributed by atoms with Crippen LogP contribution in [0.25, 0.3) is 11.5 Å². The first kappa shape index (κ1) is 19.1. The SMILES string of the molecule is COCCCNc1oc(-c2ccccc2)nc1S(=O)(=O)c1ccc(C)cc1. The summed E-state index contributed by atoms with van der Waals surface area (Å²) >= 11 is 0. The number of oxazole rings is 1. The van der Waals surface area contributed by atoms with E-state index in [1.54, 1.807) is 31.4 Å². The number of aromatic nitrogens is 1. The normalized spacial score (nSPS) is 11.5. The molecule has 0 aliphatic rings. The van der Waals surface area contributed by atoms with Gasteiger partial charge in [-0.1, -0.05) is 35.9 Å². The highest BCUT2D eigenvalue weighted by molar-refractivity contribution is 7.91. The lowest BCUT2D eigenvalue weighted by Crippen LogP contribution is -2.09. The second kappa shape index (κ2) is 8.37. The van der Waals surface area contributed by atoms with E-state index >= 15 is 0 Å². The van der Waals surface area contributed by atoms with Gasteiger partial charge >= 0.3 is 0 Å². The first-order chi connectivity index (χ1) is 13.0. The fourth-order valence-corrected chi connectivity index (χ4v) is 3.83. The van der Waals surface area contributed by atoms with E-state index in [0.29, 0.717) is 25.1 Å². The van der Waals surface area contributed by atoms with E-state index in [-0.39, 0.29) is 21.7 Å². The van der Waals surface area contributed by atoms with Crippen LogP contribution in [0.1, 0.15) is 12.0 Å². The second-order valence-corrected chi connectivity index (χ2v) is 7.97. The highest BCUT2D eigenvalue weighted by atomic mass is 32.2. The molecule has 0 amide bonds. The molecule has 0 fully saturated rings. The van der Waals surface area contributed by atoms with Crippen LogP contribution in [0.2, 0.25) is 0 Å². The van der Waals surface area contributed by atoms with Crippen LogP contribution in [0, 0.1) is 6.92 Å². The lowest BCUT2D eigenvalue weighted by atomic mass is 10.2. The van der Waals surface area contributed by atoms with Crippen molar-refractivity contribution in [3.05, 3.63) is 60.2 Å². The van der Waals surface area contributed by atoms with E-state index < -0.39 is 9.84 Å². The van der Waals surface area contributed by atoms with Crippen molar-refractivity contribution < 1.29 is 17.6 Å². The van der Waals surface area contributed by atoms with Crippen molar-refractivity contribution in [1.29, 1.82) is 0 Å². The van der Waals surface area contributed by atoms with Gasteiger partial charge in [0.05, 0.1) is 4.90 Å². The summed E-state index contributed by atoms with van der Waals surface area (Å²) in [6, 6.07) is 15.9. The number of benzene rings is 2. The van der Waals surface area contributed by atoms with Crippen molar-refractivity contribution in [3.63, 3.8) is 0 Å². The van der Waals surface area contributed by atoms with Crippen molar-refractivity contribution >= 4 is 15.7 Å². The number of rotatable bonds is 8. The molecule has 0 radical (unpaired) electrons. The molecule has 1 N–H and O–H groups in total. The Bertz CT molecular complexity index is 981. The van der Waals surface area contributed by atoms with Crippen LogP contribution < -0.4 is 5.32 Å². The number of nitrogens with zero attached hydrogens (tertiary/aromatic N) is 1. The minimum atomic E-state index is -3.81. The molecule has 0 spiro atoms. The van der Waals surface area contributed by atoms with Crippen molar-refractivity contribution in [3.8, 4) is 11.5 Å². The summed E-state index contributed by atoms with van der Waals surface area (Å²) in [5, 5.41) is 2.93. The number of anilines is 1. The van der Waals surface area contributed by atoms with E-state index in [1.807, 2.05) is 37.3 Å². The largest absolute Gasteiger partial charge is 0.419 e. The zero-order chi connectivity index (χ0) is 19.3. The Morgan fingerprint density at radius 3 is 2.44 bits per heavy atom. The highest BCUT2D eigenvalue weighted by Crippen LogP contribution is 2.32. The van der Waals surface area contributed by atoms with Gasteiger partial charge in [0.25, 0.3) is 0 Å². The summed E-state index contributed by atoms with van der Waals surface area (Å²) in [4.78, 5) is 4.48. The molecule has 0 aliphatic heterocycles. The third kappa shape index (κ3) is 4.37. The number of hydrogen-bond acceptors (Lipinski definition) is 6. The molecule has 7 heteroatoms. The maximum absolute atomic E-state index is 13.1. The molecule has 142 valence electrons. The van der Waals surface area contributed by atoms with Gasteiger partial charge in [0, 0.05) is 25.8 Å². The molecule has 3 rings (SSSR count). The molecule has 27 heavy (non-hydrogen) atoms. The summed E-state index contributed by atoms with van der Waals surface area (Å²) in [7, 11) is -2.19. The molecule has 0 unspecified atom stereocenters. The Balaban J connectivity index is 2.00. The predicted octanol–water partition coefficient (Wildman–Crippen LogP) is 3.93. The Morgan fingerprint density at radius 2 is 1.78 bits per heavy atom. The summed E-state index contributed by atoms with van der Waals surface area (Å²) in [6.45, 7) is 2.98. The third-order valence-corrected chi connectivity index (χ3v) is 5.69. The number of hydrogen-bond donors (Lipinski definition) is 1. The van der Waals surface area contributed by atoms with Gasteiger partial charge in [-0.05, 0) is 37.6 Å². The minimum Gasteiger partial charge on any atom is -0.419 e. The molecule has 2 aromatic carbocycles. The summed E-state index contributed by atoms with van der Waals surface area (Å²) in [5.41, 5.74) is 1.69. The Labute approximate surface area is 159 Å². The first-order valence-corrected chi connectivity index (χ1v) is 10.1. The quantitative estimate of drug-likeness (QED) is 0.591. The average molecular weight is 386 g/mol. The Morgan fingerprint density at radius 1 is 1.07 bits per heavy atom. The Kier molecular flexibility index (Phi) is 5.93. The maximum atomic E-state index is 13.1. The van der Waals surface area contributed by atoms with E-state index in [9.17, 15) is 8.42 Å². The van der Waals surface area contributed by atoms with E-state index in [2.05, 4.69) is 10.3 Å². The molecule has 1 heterocycles. The molecular weight excluding hydrogens is 364 g/mol. The van der Waals surface area contributed by atoms with Crippen molar-refractivity contribution in [2.24, 2.45) is 0 Å². The van der Waals surface area contributed by atoms with E-state index in [1.165, 1.54) is 0 Å². The van der Waals surface area contributed by atoms with Gasteiger partial charge < -0.3 is 14.5 Å². The van der Waals surface area contributed by atoms with Gasteiger partial charge in [0.15, 0.2) is 0 Å². The monoisotopic (exact) mass is 386 g/mol. The predicted molar refractivity (Wildman–Crippen MR) is 104 cm³/mol. The molecule has 1 aromatic heterocycles. The molecule has 0 bridgehead atoms. The first-order valence-electron chi connectivity index (χ1n) is 8.63. The molecule has 0 saturated heterocycles. The number of nitrogens with one attached hydrogen (secondary N) is 1. The van der Waals surface area contributed by atoms with Crippen LogP contribution in [0.3, 0.4) is 0 Å². The topological polar surface area (TPSA) is 81.4 Å². The second-order valence-electron chi connectivity index (χ2n) is 6.11. The number of ether oxygens (including phenoxy) is 1. The standard InChI is InChI=1S/C20H22N2O4S/c1-15-9-11-17(12-10-15)27(23,24)20-19(21-13-6-14-25-2)26-18(22-20)16-7-4-3-5-8-16/h3-5,7-12,21H,6,13-14H2,1-2H3. The fourth-order valence-electron chi connectivity index (χ4n) is 2.55. The van der Waals surface area contributed by atoms with Gasteiger partial charge in [-0.3, -0.25) is 0 Å². The van der Waals surface area contributed by atoms with Gasteiger partial charge in [-0.25, -0.2) is 8.42 Å². The number of methoxy groups -OCH3 is 1. The minimum absolute atomic E-state index is 0.109.